The standard InChI is InChI=1S/C17H24N2O3S/c1-3-10-19(16-9-12-18(14-16)11-4-13-20)23(21,22)17-7-5-15(2)6-8-17/h3,5-8,13,16H,1,4,9-12,14H2,2H3. The van der Waals surface area contributed by atoms with Crippen LogP contribution in [0.3, 0.4) is 0 Å². The Hall–Kier alpha value is -1.50. The predicted molar refractivity (Wildman–Crippen MR) is 90.8 cm³/mol. The monoisotopic (exact) mass is 336 g/mol. The van der Waals surface area contributed by atoms with Crippen molar-refractivity contribution in [1.29, 1.82) is 0 Å². The van der Waals surface area contributed by atoms with Crippen LogP contribution in [0.2, 0.25) is 0 Å². The Balaban J connectivity index is 2.19. The van der Waals surface area contributed by atoms with Crippen LogP contribution in [0.5, 0.6) is 0 Å². The second-order valence-corrected chi connectivity index (χ2v) is 7.77. The molecule has 23 heavy (non-hydrogen) atoms. The number of carbonyl (C=O) groups excluding carboxylic acids is 1. The number of aldehydes is 1. The first-order chi connectivity index (χ1) is 11.0. The van der Waals surface area contributed by atoms with Crippen molar-refractivity contribution in [2.24, 2.45) is 0 Å². The molecule has 1 unspecified atom stereocenters. The number of hydrogen-bond acceptors (Lipinski definition) is 4. The quantitative estimate of drug-likeness (QED) is 0.537. The zero-order valence-corrected chi connectivity index (χ0v) is 14.3. The highest BCUT2D eigenvalue weighted by Gasteiger charge is 2.34. The second kappa shape index (κ2) is 7.86. The van der Waals surface area contributed by atoms with Gasteiger partial charge in [-0.1, -0.05) is 23.8 Å². The molecule has 0 aliphatic carbocycles. The van der Waals surface area contributed by atoms with Crippen LogP contribution < -0.4 is 0 Å². The summed E-state index contributed by atoms with van der Waals surface area (Å²) in [6, 6.07) is 6.85. The first-order valence-electron chi connectivity index (χ1n) is 7.84. The highest BCUT2D eigenvalue weighted by Crippen LogP contribution is 2.24. The maximum atomic E-state index is 12.9. The minimum atomic E-state index is -3.54. The van der Waals surface area contributed by atoms with E-state index in [1.807, 2.05) is 19.1 Å². The molecule has 1 heterocycles. The number of nitrogens with zero attached hydrogens (tertiary/aromatic N) is 2. The van der Waals surface area contributed by atoms with E-state index >= 15 is 0 Å². The third-order valence-electron chi connectivity index (χ3n) is 4.15. The fourth-order valence-corrected chi connectivity index (χ4v) is 4.52. The molecule has 0 amide bonds. The Labute approximate surface area is 138 Å². The van der Waals surface area contributed by atoms with Crippen LogP contribution in [-0.2, 0) is 14.8 Å². The van der Waals surface area contributed by atoms with Crippen LogP contribution in [0.4, 0.5) is 0 Å². The highest BCUT2D eigenvalue weighted by molar-refractivity contribution is 7.89. The van der Waals surface area contributed by atoms with E-state index in [4.69, 9.17) is 0 Å². The highest BCUT2D eigenvalue weighted by atomic mass is 32.2. The second-order valence-electron chi connectivity index (χ2n) is 5.87. The van der Waals surface area contributed by atoms with Gasteiger partial charge in [-0.2, -0.15) is 4.31 Å². The van der Waals surface area contributed by atoms with Crippen molar-refractivity contribution in [2.45, 2.75) is 30.7 Å². The molecule has 126 valence electrons. The van der Waals surface area contributed by atoms with E-state index in [0.717, 1.165) is 24.8 Å². The normalized spacial score (nSPS) is 19.1. The largest absolute Gasteiger partial charge is 0.303 e. The van der Waals surface area contributed by atoms with Gasteiger partial charge < -0.3 is 9.69 Å². The summed E-state index contributed by atoms with van der Waals surface area (Å²) in [5, 5.41) is 0. The van der Waals surface area contributed by atoms with Crippen LogP contribution in [0.25, 0.3) is 0 Å². The number of likely N-dealkylation sites (tertiary alicyclic amines) is 1. The van der Waals surface area contributed by atoms with Crippen molar-refractivity contribution in [3.63, 3.8) is 0 Å². The molecule has 1 aromatic carbocycles. The number of rotatable bonds is 8. The van der Waals surface area contributed by atoms with Crippen LogP contribution in [-0.4, -0.2) is 56.1 Å². The molecule has 6 heteroatoms. The Kier molecular flexibility index (Phi) is 6.10. The summed E-state index contributed by atoms with van der Waals surface area (Å²) >= 11 is 0. The van der Waals surface area contributed by atoms with E-state index in [-0.39, 0.29) is 6.04 Å². The van der Waals surface area contributed by atoms with Crippen molar-refractivity contribution in [1.82, 2.24) is 9.21 Å². The van der Waals surface area contributed by atoms with Crippen LogP contribution >= 0.6 is 0 Å². The molecule has 0 bridgehead atoms. The maximum absolute atomic E-state index is 12.9. The fraction of sp³-hybridized carbons (Fsp3) is 0.471. The molecule has 1 aliphatic heterocycles. The lowest BCUT2D eigenvalue weighted by Gasteiger charge is -2.27. The van der Waals surface area contributed by atoms with Crippen molar-refractivity contribution < 1.29 is 13.2 Å². The average Bonchev–Trinajstić information content (AvgIpc) is 2.99. The Morgan fingerprint density at radius 2 is 2.04 bits per heavy atom. The van der Waals surface area contributed by atoms with E-state index in [1.165, 1.54) is 4.31 Å². The number of hydrogen-bond donors (Lipinski definition) is 0. The zero-order chi connectivity index (χ0) is 16.9. The van der Waals surface area contributed by atoms with Crippen LogP contribution in [0.15, 0.2) is 41.8 Å². The van der Waals surface area contributed by atoms with Crippen molar-refractivity contribution in [2.75, 3.05) is 26.2 Å². The molecule has 0 N–H and O–H groups in total. The molecule has 0 aromatic heterocycles. The van der Waals surface area contributed by atoms with Gasteiger partial charge in [-0.25, -0.2) is 8.42 Å². The number of carbonyl (C=O) groups is 1. The van der Waals surface area contributed by atoms with Gasteiger partial charge in [0.1, 0.15) is 6.29 Å². The summed E-state index contributed by atoms with van der Waals surface area (Å²) in [7, 11) is -3.54. The van der Waals surface area contributed by atoms with Gasteiger partial charge in [0.2, 0.25) is 10.0 Å². The molecular weight excluding hydrogens is 312 g/mol. The SMILES string of the molecule is C=CCN(C1CCN(CCC=O)C1)S(=O)(=O)c1ccc(C)cc1. The molecule has 1 aliphatic rings. The molecule has 1 atom stereocenters. The lowest BCUT2D eigenvalue weighted by Crippen LogP contribution is -2.42. The van der Waals surface area contributed by atoms with E-state index < -0.39 is 10.0 Å². The molecule has 0 spiro atoms. The van der Waals surface area contributed by atoms with Gasteiger partial charge in [0.25, 0.3) is 0 Å². The van der Waals surface area contributed by atoms with Gasteiger partial charge in [0, 0.05) is 32.1 Å². The minimum Gasteiger partial charge on any atom is -0.303 e. The molecule has 1 aromatic rings. The Morgan fingerprint density at radius 3 is 2.65 bits per heavy atom. The molecule has 2 rings (SSSR count). The molecule has 0 saturated carbocycles. The molecular formula is C17H24N2O3S. The Bertz CT molecular complexity index is 640. The number of benzene rings is 1. The smallest absolute Gasteiger partial charge is 0.243 e. The van der Waals surface area contributed by atoms with Gasteiger partial charge in [-0.3, -0.25) is 0 Å². The summed E-state index contributed by atoms with van der Waals surface area (Å²) in [5.41, 5.74) is 1.03. The van der Waals surface area contributed by atoms with Gasteiger partial charge >= 0.3 is 0 Å². The van der Waals surface area contributed by atoms with Gasteiger partial charge in [0.05, 0.1) is 4.90 Å². The molecule has 1 fully saturated rings. The molecule has 0 radical (unpaired) electrons. The third-order valence-corrected chi connectivity index (χ3v) is 6.09. The summed E-state index contributed by atoms with van der Waals surface area (Å²) in [5.74, 6) is 0. The van der Waals surface area contributed by atoms with Crippen molar-refractivity contribution in [3.8, 4) is 0 Å². The Morgan fingerprint density at radius 1 is 1.35 bits per heavy atom. The molecule has 1 saturated heterocycles. The average molecular weight is 336 g/mol. The van der Waals surface area contributed by atoms with E-state index in [9.17, 15) is 13.2 Å². The lowest BCUT2D eigenvalue weighted by atomic mass is 10.2. The van der Waals surface area contributed by atoms with Gasteiger partial charge in [-0.15, -0.1) is 6.58 Å². The van der Waals surface area contributed by atoms with Crippen LogP contribution in [0.1, 0.15) is 18.4 Å². The third kappa shape index (κ3) is 4.28. The van der Waals surface area contributed by atoms with E-state index in [2.05, 4.69) is 11.5 Å². The van der Waals surface area contributed by atoms with E-state index in [0.29, 0.717) is 31.0 Å². The topological polar surface area (TPSA) is 57.7 Å². The summed E-state index contributed by atoms with van der Waals surface area (Å²) in [6.07, 6.45) is 3.79. The predicted octanol–water partition coefficient (Wildman–Crippen LogP) is 1.84. The lowest BCUT2D eigenvalue weighted by molar-refractivity contribution is -0.108. The van der Waals surface area contributed by atoms with Crippen LogP contribution in [0, 0.1) is 6.92 Å². The summed E-state index contributed by atoms with van der Waals surface area (Å²) < 4.78 is 27.4. The summed E-state index contributed by atoms with van der Waals surface area (Å²) in [4.78, 5) is 13.0. The first kappa shape index (κ1) is 17.8. The molecule has 5 nitrogen and oxygen atoms in total. The number of aryl methyl sites for hydroxylation is 1. The van der Waals surface area contributed by atoms with Crippen molar-refractivity contribution >= 4 is 16.3 Å². The fourth-order valence-electron chi connectivity index (χ4n) is 2.90. The summed E-state index contributed by atoms with van der Waals surface area (Å²) in [6.45, 7) is 8.08. The van der Waals surface area contributed by atoms with Gasteiger partial charge in [-0.05, 0) is 32.0 Å². The van der Waals surface area contributed by atoms with Crippen molar-refractivity contribution in [3.05, 3.63) is 42.5 Å². The maximum Gasteiger partial charge on any atom is 0.243 e. The first-order valence-corrected chi connectivity index (χ1v) is 9.28. The number of sulfonamides is 1. The van der Waals surface area contributed by atoms with E-state index in [1.54, 1.807) is 18.2 Å². The van der Waals surface area contributed by atoms with Gasteiger partial charge in [0.15, 0.2) is 0 Å². The zero-order valence-electron chi connectivity index (χ0n) is 13.5. The minimum absolute atomic E-state index is 0.0778.